The average Bonchev–Trinajstić information content (AvgIpc) is 2.98. The molecule has 1 heterocycles. The first kappa shape index (κ1) is 13.4. The Labute approximate surface area is 123 Å². The zero-order chi connectivity index (χ0) is 14.7. The molecule has 4 nitrogen and oxygen atoms in total. The molecule has 0 fully saturated rings. The maximum Gasteiger partial charge on any atom is 0.115 e. The van der Waals surface area contributed by atoms with Gasteiger partial charge in [0.15, 0.2) is 0 Å². The minimum Gasteiger partial charge on any atom is -0.508 e. The number of rotatable bonds is 4. The van der Waals surface area contributed by atoms with Crippen LogP contribution >= 0.6 is 0 Å². The zero-order valence-corrected chi connectivity index (χ0v) is 11.6. The molecule has 3 aromatic rings. The Balaban J connectivity index is 1.85. The van der Waals surface area contributed by atoms with Crippen LogP contribution in [-0.2, 0) is 6.54 Å². The predicted molar refractivity (Wildman–Crippen MR) is 81.9 cm³/mol. The van der Waals surface area contributed by atoms with Gasteiger partial charge in [0.1, 0.15) is 5.75 Å². The molecule has 0 bridgehead atoms. The van der Waals surface area contributed by atoms with Crippen LogP contribution in [0.1, 0.15) is 22.9 Å². The van der Waals surface area contributed by atoms with E-state index in [0.717, 1.165) is 16.8 Å². The number of phenolic OH excluding ortho intramolecular Hbond substituents is 1. The summed E-state index contributed by atoms with van der Waals surface area (Å²) in [4.78, 5) is 4.22. The molecule has 21 heavy (non-hydrogen) atoms. The molecule has 0 aliphatic carbocycles. The van der Waals surface area contributed by atoms with Gasteiger partial charge < -0.3 is 15.4 Å². The Morgan fingerprint density at radius 1 is 1.05 bits per heavy atom. The fourth-order valence-corrected chi connectivity index (χ4v) is 2.35. The topological polar surface area (TPSA) is 64.1 Å². The van der Waals surface area contributed by atoms with E-state index in [0.29, 0.717) is 6.54 Å². The summed E-state index contributed by atoms with van der Waals surface area (Å²) in [6.45, 7) is 0.677. The van der Waals surface area contributed by atoms with Crippen LogP contribution in [0.3, 0.4) is 0 Å². The number of aromatic hydroxyl groups is 1. The number of phenols is 1. The monoisotopic (exact) mass is 279 g/mol. The number of aromatic nitrogens is 2. The van der Waals surface area contributed by atoms with E-state index in [1.807, 2.05) is 47.0 Å². The summed E-state index contributed by atoms with van der Waals surface area (Å²) in [5.74, 6) is 0.269. The summed E-state index contributed by atoms with van der Waals surface area (Å²) < 4.78 is 2.03. The molecular formula is C17H17N3O. The molecule has 1 aromatic heterocycles. The molecule has 0 spiro atoms. The van der Waals surface area contributed by atoms with Crippen molar-refractivity contribution in [3.63, 3.8) is 0 Å². The number of nitrogens with zero attached hydrogens (tertiary/aromatic N) is 2. The van der Waals surface area contributed by atoms with Gasteiger partial charge in [-0.2, -0.15) is 0 Å². The Morgan fingerprint density at radius 3 is 2.48 bits per heavy atom. The second-order valence-corrected chi connectivity index (χ2v) is 5.00. The number of hydrogen-bond acceptors (Lipinski definition) is 3. The molecule has 1 atom stereocenters. The minimum absolute atomic E-state index is 0.203. The van der Waals surface area contributed by atoms with Crippen LogP contribution in [0.2, 0.25) is 0 Å². The smallest absolute Gasteiger partial charge is 0.115 e. The molecule has 4 heteroatoms. The van der Waals surface area contributed by atoms with E-state index >= 15 is 0 Å². The lowest BCUT2D eigenvalue weighted by Gasteiger charge is -2.15. The summed E-state index contributed by atoms with van der Waals surface area (Å²) in [5, 5.41) is 9.34. The van der Waals surface area contributed by atoms with Gasteiger partial charge in [0, 0.05) is 6.54 Å². The van der Waals surface area contributed by atoms with Crippen LogP contribution in [0, 0.1) is 0 Å². The van der Waals surface area contributed by atoms with E-state index in [1.165, 1.54) is 0 Å². The van der Waals surface area contributed by atoms with Crippen molar-refractivity contribution in [2.45, 2.75) is 12.6 Å². The lowest BCUT2D eigenvalue weighted by Crippen LogP contribution is -2.16. The molecule has 2 aromatic carbocycles. The summed E-state index contributed by atoms with van der Waals surface area (Å²) >= 11 is 0. The molecule has 0 aliphatic rings. The fourth-order valence-electron chi connectivity index (χ4n) is 2.35. The summed E-state index contributed by atoms with van der Waals surface area (Å²) in [7, 11) is 0. The molecule has 0 aliphatic heterocycles. The van der Waals surface area contributed by atoms with Gasteiger partial charge >= 0.3 is 0 Å². The van der Waals surface area contributed by atoms with E-state index in [-0.39, 0.29) is 11.8 Å². The first-order chi connectivity index (χ1) is 10.2. The Morgan fingerprint density at radius 2 is 1.76 bits per heavy atom. The third-order valence-electron chi connectivity index (χ3n) is 3.51. The molecule has 0 amide bonds. The average molecular weight is 279 g/mol. The second-order valence-electron chi connectivity index (χ2n) is 5.00. The maximum absolute atomic E-state index is 9.34. The standard InChI is InChI=1S/C17H17N3O/c18-17(14-4-2-1-3-5-14)16-10-19-12-20(16)11-13-6-8-15(21)9-7-13/h1-10,12,17,21H,11,18H2. The fraction of sp³-hybridized carbons (Fsp3) is 0.118. The first-order valence-corrected chi connectivity index (χ1v) is 6.82. The lowest BCUT2D eigenvalue weighted by atomic mass is 10.1. The van der Waals surface area contributed by atoms with Crippen molar-refractivity contribution >= 4 is 0 Å². The highest BCUT2D eigenvalue weighted by molar-refractivity contribution is 5.29. The largest absolute Gasteiger partial charge is 0.508 e. The van der Waals surface area contributed by atoms with E-state index in [2.05, 4.69) is 4.98 Å². The highest BCUT2D eigenvalue weighted by Crippen LogP contribution is 2.20. The van der Waals surface area contributed by atoms with E-state index in [9.17, 15) is 5.11 Å². The predicted octanol–water partition coefficient (Wildman–Crippen LogP) is 2.69. The molecule has 106 valence electrons. The third kappa shape index (κ3) is 2.95. The summed E-state index contributed by atoms with van der Waals surface area (Å²) in [6.07, 6.45) is 3.59. The van der Waals surface area contributed by atoms with E-state index < -0.39 is 0 Å². The highest BCUT2D eigenvalue weighted by Gasteiger charge is 2.13. The van der Waals surface area contributed by atoms with Gasteiger partial charge in [0.05, 0.1) is 24.3 Å². The van der Waals surface area contributed by atoms with Crippen LogP contribution in [-0.4, -0.2) is 14.7 Å². The molecule has 1 unspecified atom stereocenters. The Hall–Kier alpha value is -2.59. The van der Waals surface area contributed by atoms with Crippen molar-refractivity contribution in [3.05, 3.63) is 83.9 Å². The van der Waals surface area contributed by atoms with Crippen LogP contribution in [0.25, 0.3) is 0 Å². The molecule has 0 saturated heterocycles. The van der Waals surface area contributed by atoms with Gasteiger partial charge in [-0.15, -0.1) is 0 Å². The van der Waals surface area contributed by atoms with E-state index in [4.69, 9.17) is 5.73 Å². The van der Waals surface area contributed by atoms with Crippen molar-refractivity contribution < 1.29 is 5.11 Å². The van der Waals surface area contributed by atoms with Crippen molar-refractivity contribution in [3.8, 4) is 5.75 Å². The van der Waals surface area contributed by atoms with Crippen LogP contribution < -0.4 is 5.73 Å². The van der Waals surface area contributed by atoms with Gasteiger partial charge in [-0.1, -0.05) is 42.5 Å². The van der Waals surface area contributed by atoms with Crippen molar-refractivity contribution in [1.29, 1.82) is 0 Å². The van der Waals surface area contributed by atoms with Gasteiger partial charge in [-0.3, -0.25) is 0 Å². The summed E-state index contributed by atoms with van der Waals surface area (Å²) in [5.41, 5.74) is 9.46. The van der Waals surface area contributed by atoms with Gasteiger partial charge in [0.25, 0.3) is 0 Å². The van der Waals surface area contributed by atoms with Crippen molar-refractivity contribution in [2.24, 2.45) is 5.73 Å². The molecule has 0 saturated carbocycles. The van der Waals surface area contributed by atoms with Crippen molar-refractivity contribution in [2.75, 3.05) is 0 Å². The molecular weight excluding hydrogens is 262 g/mol. The number of benzene rings is 2. The SMILES string of the molecule is NC(c1ccccc1)c1cncn1Cc1ccc(O)cc1. The van der Waals surface area contributed by atoms with Gasteiger partial charge in [-0.05, 0) is 23.3 Å². The number of nitrogens with two attached hydrogens (primary N) is 1. The summed E-state index contributed by atoms with van der Waals surface area (Å²) in [6, 6.07) is 16.9. The minimum atomic E-state index is -0.203. The normalized spacial score (nSPS) is 12.2. The highest BCUT2D eigenvalue weighted by atomic mass is 16.3. The quantitative estimate of drug-likeness (QED) is 0.771. The second kappa shape index (κ2) is 5.81. The van der Waals surface area contributed by atoms with Crippen molar-refractivity contribution in [1.82, 2.24) is 9.55 Å². The molecule has 0 radical (unpaired) electrons. The van der Waals surface area contributed by atoms with Crippen LogP contribution in [0.15, 0.2) is 67.1 Å². The van der Waals surface area contributed by atoms with Crippen LogP contribution in [0.5, 0.6) is 5.75 Å². The Bertz CT molecular complexity index is 704. The van der Waals surface area contributed by atoms with Crippen LogP contribution in [0.4, 0.5) is 0 Å². The van der Waals surface area contributed by atoms with E-state index in [1.54, 1.807) is 24.7 Å². The third-order valence-corrected chi connectivity index (χ3v) is 3.51. The Kier molecular flexibility index (Phi) is 3.71. The van der Waals surface area contributed by atoms with Gasteiger partial charge in [0.2, 0.25) is 0 Å². The number of hydrogen-bond donors (Lipinski definition) is 2. The molecule has 3 N–H and O–H groups in total. The van der Waals surface area contributed by atoms with Gasteiger partial charge in [-0.25, -0.2) is 4.98 Å². The molecule has 3 rings (SSSR count). The first-order valence-electron chi connectivity index (χ1n) is 6.82. The number of imidazole rings is 1. The lowest BCUT2D eigenvalue weighted by molar-refractivity contribution is 0.475. The maximum atomic E-state index is 9.34. The zero-order valence-electron chi connectivity index (χ0n) is 11.6.